The van der Waals surface area contributed by atoms with Crippen LogP contribution >= 0.6 is 0 Å². The minimum absolute atomic E-state index is 0.140. The number of hydrogen-bond donors (Lipinski definition) is 2. The maximum absolute atomic E-state index is 11.4. The van der Waals surface area contributed by atoms with Gasteiger partial charge in [-0.25, -0.2) is 18.4 Å². The van der Waals surface area contributed by atoms with Gasteiger partial charge >= 0.3 is 5.97 Å². The summed E-state index contributed by atoms with van der Waals surface area (Å²) in [6.07, 6.45) is 0. The number of carbonyl (C=O) groups excluding carboxylic acids is 1. The molecule has 0 amide bonds. The molecule has 0 spiro atoms. The van der Waals surface area contributed by atoms with Crippen molar-refractivity contribution >= 4 is 16.0 Å². The number of benzene rings is 1. The summed E-state index contributed by atoms with van der Waals surface area (Å²) < 4.78 is 26.9. The first kappa shape index (κ1) is 12.6. The number of carbonyl (C=O) groups is 1. The Labute approximate surface area is 92.7 Å². The fourth-order valence-corrected chi connectivity index (χ4v) is 1.83. The summed E-state index contributed by atoms with van der Waals surface area (Å²) in [5, 5.41) is 13.4. The lowest BCUT2D eigenvalue weighted by atomic mass is 10.2. The molecule has 7 heteroatoms. The third-order valence-corrected chi connectivity index (χ3v) is 2.71. The van der Waals surface area contributed by atoms with Crippen molar-refractivity contribution in [3.05, 3.63) is 29.8 Å². The molecule has 88 valence electrons. The molecule has 0 aliphatic heterocycles. The lowest BCUT2D eigenvalue weighted by Crippen LogP contribution is -2.18. The van der Waals surface area contributed by atoms with E-state index in [1.807, 2.05) is 0 Å². The lowest BCUT2D eigenvalue weighted by Gasteiger charge is -2.06. The highest BCUT2D eigenvalue weighted by Crippen LogP contribution is 2.14. The van der Waals surface area contributed by atoms with Crippen LogP contribution < -0.4 is 5.14 Å². The molecular weight excluding hydrogens is 234 g/mol. The average Bonchev–Trinajstić information content (AvgIpc) is 2.24. The molecule has 3 N–H and O–H groups in total. The van der Waals surface area contributed by atoms with Crippen molar-refractivity contribution in [2.24, 2.45) is 5.14 Å². The highest BCUT2D eigenvalue weighted by atomic mass is 32.2. The minimum Gasteiger partial charge on any atom is -0.460 e. The van der Waals surface area contributed by atoms with E-state index in [0.29, 0.717) is 0 Å². The third-order valence-electron chi connectivity index (χ3n) is 1.74. The van der Waals surface area contributed by atoms with E-state index >= 15 is 0 Å². The molecule has 0 heterocycles. The minimum atomic E-state index is -3.97. The van der Waals surface area contributed by atoms with Crippen LogP contribution in [0.4, 0.5) is 0 Å². The van der Waals surface area contributed by atoms with E-state index in [9.17, 15) is 13.2 Å². The maximum Gasteiger partial charge on any atom is 0.339 e. The van der Waals surface area contributed by atoms with Gasteiger partial charge in [0.25, 0.3) is 0 Å². The monoisotopic (exact) mass is 245 g/mol. The average molecular weight is 245 g/mol. The number of aliphatic hydroxyl groups excluding tert-OH is 1. The second-order valence-electron chi connectivity index (χ2n) is 2.90. The van der Waals surface area contributed by atoms with E-state index in [1.54, 1.807) is 0 Å². The van der Waals surface area contributed by atoms with E-state index in [2.05, 4.69) is 4.74 Å². The van der Waals surface area contributed by atoms with E-state index in [0.717, 1.165) is 0 Å². The van der Waals surface area contributed by atoms with Gasteiger partial charge in [-0.15, -0.1) is 0 Å². The number of nitrogens with two attached hydrogens (primary N) is 1. The quantitative estimate of drug-likeness (QED) is 0.694. The van der Waals surface area contributed by atoms with Crippen molar-refractivity contribution in [1.29, 1.82) is 0 Å². The van der Waals surface area contributed by atoms with Crippen LogP contribution in [0.5, 0.6) is 0 Å². The molecule has 0 aliphatic carbocycles. The number of primary sulfonamides is 1. The van der Waals surface area contributed by atoms with Gasteiger partial charge in [0.15, 0.2) is 0 Å². The van der Waals surface area contributed by atoms with E-state index in [4.69, 9.17) is 10.2 Å². The summed E-state index contributed by atoms with van der Waals surface area (Å²) in [5.41, 5.74) is -0.140. The van der Waals surface area contributed by atoms with Gasteiger partial charge in [-0.3, -0.25) is 0 Å². The molecule has 16 heavy (non-hydrogen) atoms. The van der Waals surface area contributed by atoms with Crippen molar-refractivity contribution < 1.29 is 23.1 Å². The van der Waals surface area contributed by atoms with Gasteiger partial charge in [0.1, 0.15) is 6.61 Å². The van der Waals surface area contributed by atoms with Crippen LogP contribution in [-0.2, 0) is 14.8 Å². The molecule has 0 fully saturated rings. The van der Waals surface area contributed by atoms with Crippen LogP contribution in [0, 0.1) is 0 Å². The largest absolute Gasteiger partial charge is 0.460 e. The third kappa shape index (κ3) is 3.02. The number of sulfonamides is 1. The maximum atomic E-state index is 11.4. The van der Waals surface area contributed by atoms with Crippen LogP contribution in [0.3, 0.4) is 0 Å². The second-order valence-corrected chi connectivity index (χ2v) is 4.43. The van der Waals surface area contributed by atoms with E-state index in [1.165, 1.54) is 24.3 Å². The first-order valence-electron chi connectivity index (χ1n) is 4.36. The van der Waals surface area contributed by atoms with Gasteiger partial charge in [0.05, 0.1) is 17.1 Å². The highest BCUT2D eigenvalue weighted by Gasteiger charge is 2.19. The SMILES string of the molecule is NS(=O)(=O)c1ccccc1C(=O)OCCO. The molecule has 0 aromatic heterocycles. The number of rotatable bonds is 4. The molecule has 1 rings (SSSR count). The Balaban J connectivity index is 3.09. The van der Waals surface area contributed by atoms with Crippen molar-refractivity contribution in [3.63, 3.8) is 0 Å². The Bertz CT molecular complexity index is 482. The van der Waals surface area contributed by atoms with Gasteiger partial charge in [-0.2, -0.15) is 0 Å². The predicted octanol–water partition coefficient (Wildman–Crippen LogP) is -0.517. The molecule has 0 saturated carbocycles. The normalized spacial score (nSPS) is 11.1. The molecule has 0 radical (unpaired) electrons. The van der Waals surface area contributed by atoms with Gasteiger partial charge in [-0.05, 0) is 12.1 Å². The fourth-order valence-electron chi connectivity index (χ4n) is 1.10. The molecular formula is C9H11NO5S. The standard InChI is InChI=1S/C9H11NO5S/c10-16(13,14)8-4-2-1-3-7(8)9(12)15-6-5-11/h1-4,11H,5-6H2,(H2,10,13,14). The first-order chi connectivity index (χ1) is 7.46. The predicted molar refractivity (Wildman–Crippen MR) is 55.2 cm³/mol. The van der Waals surface area contributed by atoms with Crippen LogP contribution in [0.15, 0.2) is 29.2 Å². The molecule has 6 nitrogen and oxygen atoms in total. The summed E-state index contributed by atoms with van der Waals surface area (Å²) in [6, 6.07) is 5.44. The molecule has 0 saturated heterocycles. The smallest absolute Gasteiger partial charge is 0.339 e. The summed E-state index contributed by atoms with van der Waals surface area (Å²) in [6.45, 7) is -0.527. The summed E-state index contributed by atoms with van der Waals surface area (Å²) in [4.78, 5) is 11.1. The zero-order valence-corrected chi connectivity index (χ0v) is 9.11. The second kappa shape index (κ2) is 5.06. The molecule has 0 unspecified atom stereocenters. The topological polar surface area (TPSA) is 107 Å². The van der Waals surface area contributed by atoms with Crippen LogP contribution in [0.2, 0.25) is 0 Å². The first-order valence-corrected chi connectivity index (χ1v) is 5.91. The van der Waals surface area contributed by atoms with Crippen molar-refractivity contribution in [1.82, 2.24) is 0 Å². The van der Waals surface area contributed by atoms with Gasteiger partial charge < -0.3 is 9.84 Å². The Morgan fingerprint density at radius 3 is 2.56 bits per heavy atom. The molecule has 0 aliphatic rings. The molecule has 1 aromatic rings. The molecule has 1 aromatic carbocycles. The summed E-state index contributed by atoms with van der Waals surface area (Å²) >= 11 is 0. The Hall–Kier alpha value is -1.44. The Morgan fingerprint density at radius 1 is 1.38 bits per heavy atom. The van der Waals surface area contributed by atoms with Crippen LogP contribution in [0.1, 0.15) is 10.4 Å². The van der Waals surface area contributed by atoms with E-state index < -0.39 is 16.0 Å². The zero-order chi connectivity index (χ0) is 12.2. The van der Waals surface area contributed by atoms with E-state index in [-0.39, 0.29) is 23.7 Å². The van der Waals surface area contributed by atoms with Crippen molar-refractivity contribution in [3.8, 4) is 0 Å². The van der Waals surface area contributed by atoms with Crippen molar-refractivity contribution in [2.45, 2.75) is 4.90 Å². The summed E-state index contributed by atoms with van der Waals surface area (Å²) in [7, 11) is -3.97. The highest BCUT2D eigenvalue weighted by molar-refractivity contribution is 7.89. The molecule has 0 bridgehead atoms. The lowest BCUT2D eigenvalue weighted by molar-refractivity contribution is 0.0429. The number of hydrogen-bond acceptors (Lipinski definition) is 5. The number of esters is 1. The fraction of sp³-hybridized carbons (Fsp3) is 0.222. The van der Waals surface area contributed by atoms with Crippen molar-refractivity contribution in [2.75, 3.05) is 13.2 Å². The van der Waals surface area contributed by atoms with Gasteiger partial charge in [0.2, 0.25) is 10.0 Å². The Kier molecular flexibility index (Phi) is 3.99. The van der Waals surface area contributed by atoms with Gasteiger partial charge in [-0.1, -0.05) is 12.1 Å². The van der Waals surface area contributed by atoms with Crippen LogP contribution in [0.25, 0.3) is 0 Å². The van der Waals surface area contributed by atoms with Crippen LogP contribution in [-0.4, -0.2) is 32.7 Å². The number of aliphatic hydroxyl groups is 1. The summed E-state index contributed by atoms with van der Waals surface area (Å²) in [5.74, 6) is -0.835. The zero-order valence-electron chi connectivity index (χ0n) is 8.29. The Morgan fingerprint density at radius 2 is 2.00 bits per heavy atom. The van der Waals surface area contributed by atoms with Gasteiger partial charge in [0, 0.05) is 0 Å². The molecule has 0 atom stereocenters. The number of ether oxygens (including phenoxy) is 1.